The second-order valence-corrected chi connectivity index (χ2v) is 8.90. The summed E-state index contributed by atoms with van der Waals surface area (Å²) in [5.41, 5.74) is 2.94. The summed E-state index contributed by atoms with van der Waals surface area (Å²) in [5.74, 6) is 0.724. The molecule has 24 heavy (non-hydrogen) atoms. The van der Waals surface area contributed by atoms with Gasteiger partial charge in [-0.1, -0.05) is 11.3 Å². The molecule has 2 aromatic rings. The Balaban J connectivity index is 2.77. The van der Waals surface area contributed by atoms with E-state index in [1.165, 1.54) is 0 Å². The zero-order valence-electron chi connectivity index (χ0n) is 15.4. The maximum Gasteiger partial charge on any atom is 0.261 e. The van der Waals surface area contributed by atoms with Crippen LogP contribution in [0.25, 0.3) is 10.9 Å². The molecule has 0 amide bonds. The Morgan fingerprint density at radius 3 is 2.54 bits per heavy atom. The lowest BCUT2D eigenvalue weighted by Crippen LogP contribution is -2.27. The molecule has 0 N–H and O–H groups in total. The fourth-order valence-corrected chi connectivity index (χ4v) is 3.09. The Morgan fingerprint density at radius 2 is 2.00 bits per heavy atom. The Labute approximate surface area is 146 Å². The maximum atomic E-state index is 12.6. The lowest BCUT2D eigenvalue weighted by atomic mass is 10.0. The minimum atomic E-state index is -1.36. The summed E-state index contributed by atoms with van der Waals surface area (Å²) in [6.07, 6.45) is 0.666. The predicted molar refractivity (Wildman–Crippen MR) is 101 cm³/mol. The summed E-state index contributed by atoms with van der Waals surface area (Å²) < 4.78 is 17.9. The van der Waals surface area contributed by atoms with Crippen LogP contribution in [-0.2, 0) is 24.8 Å². The third-order valence-electron chi connectivity index (χ3n) is 3.87. The quantitative estimate of drug-likeness (QED) is 0.633. The van der Waals surface area contributed by atoms with Gasteiger partial charge in [-0.3, -0.25) is 9.36 Å². The van der Waals surface area contributed by atoms with E-state index in [4.69, 9.17) is 0 Å². The van der Waals surface area contributed by atoms with E-state index in [0.717, 1.165) is 17.0 Å². The zero-order valence-corrected chi connectivity index (χ0v) is 16.2. The van der Waals surface area contributed by atoms with Gasteiger partial charge in [-0.2, -0.15) is 0 Å². The van der Waals surface area contributed by atoms with E-state index in [9.17, 15) is 9.35 Å². The topological polar surface area (TPSA) is 70.3 Å². The summed E-state index contributed by atoms with van der Waals surface area (Å²) in [5, 5.41) is 0.570. The summed E-state index contributed by atoms with van der Waals surface area (Å²) in [7, 11) is 1.74. The third-order valence-corrected chi connectivity index (χ3v) is 5.35. The molecule has 0 aliphatic carbocycles. The van der Waals surface area contributed by atoms with E-state index in [2.05, 4.69) is 9.38 Å². The van der Waals surface area contributed by atoms with Gasteiger partial charge in [0.25, 0.3) is 5.56 Å². The number of hydrogen-bond donors (Lipinski definition) is 0. The molecule has 5 nitrogen and oxygen atoms in total. The van der Waals surface area contributed by atoms with Crippen molar-refractivity contribution in [2.45, 2.75) is 52.7 Å². The SMILES string of the molecule is CCc1nc2c(C(C)=N[S+]([O-])C(C)(C)C)cc(C)cc2c(=O)n1C. The first kappa shape index (κ1) is 18.7. The molecule has 1 aromatic carbocycles. The van der Waals surface area contributed by atoms with Crippen LogP contribution >= 0.6 is 0 Å². The molecular formula is C18H25N3O2S. The van der Waals surface area contributed by atoms with Gasteiger partial charge in [0.1, 0.15) is 21.9 Å². The van der Waals surface area contributed by atoms with Crippen molar-refractivity contribution < 1.29 is 4.55 Å². The average molecular weight is 347 g/mol. The van der Waals surface area contributed by atoms with Gasteiger partial charge in [0.15, 0.2) is 0 Å². The summed E-state index contributed by atoms with van der Waals surface area (Å²) in [4.78, 5) is 17.3. The molecule has 0 saturated heterocycles. The molecule has 0 bridgehead atoms. The van der Waals surface area contributed by atoms with E-state index in [1.54, 1.807) is 11.6 Å². The number of rotatable bonds is 3. The van der Waals surface area contributed by atoms with Crippen LogP contribution < -0.4 is 5.56 Å². The van der Waals surface area contributed by atoms with Crippen LogP contribution in [0.1, 0.15) is 51.6 Å². The lowest BCUT2D eigenvalue weighted by molar-refractivity contribution is 0.561. The Bertz CT molecular complexity index is 863. The molecule has 1 unspecified atom stereocenters. The normalized spacial score (nSPS) is 14.2. The highest BCUT2D eigenvalue weighted by atomic mass is 32.2. The Morgan fingerprint density at radius 1 is 1.38 bits per heavy atom. The number of aromatic nitrogens is 2. The Kier molecular flexibility index (Phi) is 5.20. The van der Waals surface area contributed by atoms with Crippen molar-refractivity contribution in [3.8, 4) is 0 Å². The molecule has 0 aliphatic rings. The van der Waals surface area contributed by atoms with Crippen molar-refractivity contribution >= 4 is 28.0 Å². The molecule has 2 rings (SSSR count). The van der Waals surface area contributed by atoms with Gasteiger partial charge in [-0.15, -0.1) is 0 Å². The summed E-state index contributed by atoms with van der Waals surface area (Å²) >= 11 is -1.36. The molecule has 0 aliphatic heterocycles. The first-order valence-corrected chi connectivity index (χ1v) is 9.14. The molecule has 1 aromatic heterocycles. The molecule has 0 saturated carbocycles. The van der Waals surface area contributed by atoms with E-state index in [1.807, 2.05) is 53.7 Å². The van der Waals surface area contributed by atoms with E-state index < -0.39 is 16.1 Å². The highest BCUT2D eigenvalue weighted by Crippen LogP contribution is 2.22. The maximum absolute atomic E-state index is 12.6. The fraction of sp³-hybridized carbons (Fsp3) is 0.500. The first-order valence-electron chi connectivity index (χ1n) is 8.04. The monoisotopic (exact) mass is 347 g/mol. The smallest absolute Gasteiger partial charge is 0.261 e. The Hall–Kier alpha value is -1.66. The molecule has 1 heterocycles. The fourth-order valence-electron chi connectivity index (χ4n) is 2.47. The number of hydrogen-bond acceptors (Lipinski definition) is 4. The zero-order chi connectivity index (χ0) is 18.2. The van der Waals surface area contributed by atoms with E-state index in [-0.39, 0.29) is 5.56 Å². The van der Waals surface area contributed by atoms with Crippen molar-refractivity contribution in [3.05, 3.63) is 39.4 Å². The number of benzene rings is 1. The first-order chi connectivity index (χ1) is 11.1. The second-order valence-electron chi connectivity index (χ2n) is 6.99. The van der Waals surface area contributed by atoms with Gasteiger partial charge >= 0.3 is 0 Å². The second kappa shape index (κ2) is 6.69. The lowest BCUT2D eigenvalue weighted by Gasteiger charge is -2.19. The van der Waals surface area contributed by atoms with Crippen LogP contribution in [0.2, 0.25) is 0 Å². The standard InChI is InChI=1S/C18H25N3O2S/c1-8-15-19-16-13(12(3)20-24(23)18(4,5)6)9-11(2)10-14(16)17(22)21(15)7/h9-10H,8H2,1-7H3. The minimum absolute atomic E-state index is 0.0634. The van der Waals surface area contributed by atoms with Crippen molar-refractivity contribution in [2.24, 2.45) is 11.4 Å². The average Bonchev–Trinajstić information content (AvgIpc) is 2.49. The van der Waals surface area contributed by atoms with E-state index >= 15 is 0 Å². The van der Waals surface area contributed by atoms with Crippen molar-refractivity contribution in [3.63, 3.8) is 0 Å². The summed E-state index contributed by atoms with van der Waals surface area (Å²) in [6, 6.07) is 3.80. The molecule has 130 valence electrons. The van der Waals surface area contributed by atoms with Crippen LogP contribution in [0.4, 0.5) is 0 Å². The van der Waals surface area contributed by atoms with Crippen LogP contribution in [0.15, 0.2) is 21.3 Å². The van der Waals surface area contributed by atoms with Crippen molar-refractivity contribution in [2.75, 3.05) is 0 Å². The van der Waals surface area contributed by atoms with Crippen molar-refractivity contribution in [1.82, 2.24) is 9.55 Å². The number of aryl methyl sites for hydroxylation is 2. The molecular weight excluding hydrogens is 322 g/mol. The number of nitrogens with zero attached hydrogens (tertiary/aromatic N) is 3. The predicted octanol–water partition coefficient (Wildman–Crippen LogP) is 3.08. The van der Waals surface area contributed by atoms with Crippen LogP contribution in [-0.4, -0.2) is 24.6 Å². The molecule has 0 spiro atoms. The van der Waals surface area contributed by atoms with Gasteiger partial charge in [0.05, 0.1) is 16.6 Å². The minimum Gasteiger partial charge on any atom is -0.591 e. The van der Waals surface area contributed by atoms with Crippen LogP contribution in [0.3, 0.4) is 0 Å². The van der Waals surface area contributed by atoms with Gasteiger partial charge in [0.2, 0.25) is 0 Å². The van der Waals surface area contributed by atoms with Crippen LogP contribution in [0.5, 0.6) is 0 Å². The molecule has 0 radical (unpaired) electrons. The highest BCUT2D eigenvalue weighted by Gasteiger charge is 2.27. The molecule has 6 heteroatoms. The van der Waals surface area contributed by atoms with E-state index in [0.29, 0.717) is 23.0 Å². The van der Waals surface area contributed by atoms with Gasteiger partial charge in [-0.05, 0) is 52.3 Å². The largest absolute Gasteiger partial charge is 0.591 e. The molecule has 0 fully saturated rings. The van der Waals surface area contributed by atoms with Gasteiger partial charge in [-0.25, -0.2) is 4.98 Å². The van der Waals surface area contributed by atoms with Crippen molar-refractivity contribution in [1.29, 1.82) is 0 Å². The third kappa shape index (κ3) is 3.54. The number of fused-ring (bicyclic) bond motifs is 1. The van der Waals surface area contributed by atoms with Crippen LogP contribution in [0, 0.1) is 6.92 Å². The van der Waals surface area contributed by atoms with Gasteiger partial charge < -0.3 is 4.55 Å². The highest BCUT2D eigenvalue weighted by molar-refractivity contribution is 7.91. The van der Waals surface area contributed by atoms with Gasteiger partial charge in [0, 0.05) is 19.0 Å². The summed E-state index contributed by atoms with van der Waals surface area (Å²) in [6.45, 7) is 11.4. The molecule has 1 atom stereocenters.